The molecule has 0 aliphatic carbocycles. The van der Waals surface area contributed by atoms with E-state index in [1.807, 2.05) is 6.92 Å². The van der Waals surface area contributed by atoms with E-state index in [0.717, 1.165) is 4.31 Å². The first-order valence-electron chi connectivity index (χ1n) is 10.7. The standard InChI is InChI=1S/C23H25N3O6S2/c1-23-12-11-21(28)26(23)19(15-33-23)22(29)32-14-20(27)24-16-7-6-10-18(13-16)34(30,31)25(2)17-8-4-3-5-9-17/h3-10,13,19H,11-12,14-15H2,1-2H3,(H,24,27)/t19-,23-/m1/s1. The second kappa shape index (κ2) is 9.30. The summed E-state index contributed by atoms with van der Waals surface area (Å²) in [5.74, 6) is -0.891. The second-order valence-electron chi connectivity index (χ2n) is 8.26. The highest BCUT2D eigenvalue weighted by Gasteiger charge is 2.53. The lowest BCUT2D eigenvalue weighted by molar-refractivity contribution is -0.155. The fraction of sp³-hybridized carbons (Fsp3) is 0.348. The summed E-state index contributed by atoms with van der Waals surface area (Å²) in [6.45, 7) is 1.39. The molecule has 2 saturated heterocycles. The van der Waals surface area contributed by atoms with Crippen LogP contribution in [0.25, 0.3) is 0 Å². The van der Waals surface area contributed by atoms with Crippen LogP contribution in [-0.4, -0.2) is 61.4 Å². The molecule has 0 spiro atoms. The van der Waals surface area contributed by atoms with Gasteiger partial charge < -0.3 is 15.0 Å². The van der Waals surface area contributed by atoms with E-state index < -0.39 is 39.4 Å². The predicted molar refractivity (Wildman–Crippen MR) is 129 cm³/mol. The average Bonchev–Trinajstić information content (AvgIpc) is 3.33. The Morgan fingerprint density at radius 1 is 1.21 bits per heavy atom. The quantitative estimate of drug-likeness (QED) is 0.578. The van der Waals surface area contributed by atoms with Gasteiger partial charge in [0, 0.05) is 24.9 Å². The first-order chi connectivity index (χ1) is 16.1. The van der Waals surface area contributed by atoms with E-state index in [9.17, 15) is 22.8 Å². The minimum absolute atomic E-state index is 0.00320. The third-order valence-electron chi connectivity index (χ3n) is 5.96. The molecular weight excluding hydrogens is 478 g/mol. The molecule has 0 unspecified atom stereocenters. The average molecular weight is 504 g/mol. The fourth-order valence-electron chi connectivity index (χ4n) is 4.09. The molecule has 2 aromatic rings. The van der Waals surface area contributed by atoms with Crippen LogP contribution < -0.4 is 9.62 Å². The molecule has 2 atom stereocenters. The smallest absolute Gasteiger partial charge is 0.330 e. The highest BCUT2D eigenvalue weighted by Crippen LogP contribution is 2.47. The number of rotatable bonds is 7. The maximum Gasteiger partial charge on any atom is 0.330 e. The van der Waals surface area contributed by atoms with Crippen molar-refractivity contribution >= 4 is 50.9 Å². The van der Waals surface area contributed by atoms with Crippen LogP contribution in [0.5, 0.6) is 0 Å². The number of ether oxygens (including phenoxy) is 1. The molecule has 11 heteroatoms. The number of carbonyl (C=O) groups is 3. The molecule has 0 bridgehead atoms. The van der Waals surface area contributed by atoms with E-state index in [-0.39, 0.29) is 16.5 Å². The number of benzene rings is 2. The zero-order valence-corrected chi connectivity index (χ0v) is 20.4. The number of amides is 2. The van der Waals surface area contributed by atoms with Crippen molar-refractivity contribution in [3.05, 3.63) is 54.6 Å². The van der Waals surface area contributed by atoms with Crippen molar-refractivity contribution in [3.63, 3.8) is 0 Å². The summed E-state index contributed by atoms with van der Waals surface area (Å²) in [6.07, 6.45) is 1.08. The van der Waals surface area contributed by atoms with Crippen molar-refractivity contribution in [1.29, 1.82) is 0 Å². The van der Waals surface area contributed by atoms with Crippen LogP contribution in [0, 0.1) is 0 Å². The van der Waals surface area contributed by atoms with Crippen LogP contribution in [0.4, 0.5) is 11.4 Å². The van der Waals surface area contributed by atoms with E-state index in [1.54, 1.807) is 41.3 Å². The maximum atomic E-state index is 13.0. The number of anilines is 2. The van der Waals surface area contributed by atoms with Gasteiger partial charge in [0.15, 0.2) is 6.61 Å². The Hall–Kier alpha value is -3.05. The molecule has 2 aliphatic heterocycles. The molecule has 0 aromatic heterocycles. The highest BCUT2D eigenvalue weighted by atomic mass is 32.2. The van der Waals surface area contributed by atoms with E-state index in [0.29, 0.717) is 24.3 Å². The van der Waals surface area contributed by atoms with Gasteiger partial charge in [-0.25, -0.2) is 13.2 Å². The maximum absolute atomic E-state index is 13.0. The van der Waals surface area contributed by atoms with Gasteiger partial charge in [-0.3, -0.25) is 13.9 Å². The lowest BCUT2D eigenvalue weighted by Crippen LogP contribution is -2.47. The van der Waals surface area contributed by atoms with Crippen LogP contribution in [0.15, 0.2) is 59.5 Å². The van der Waals surface area contributed by atoms with Gasteiger partial charge in [0.25, 0.3) is 15.9 Å². The third kappa shape index (κ3) is 4.62. The summed E-state index contributed by atoms with van der Waals surface area (Å²) in [7, 11) is -2.40. The summed E-state index contributed by atoms with van der Waals surface area (Å²) >= 11 is 1.54. The van der Waals surface area contributed by atoms with Crippen molar-refractivity contribution in [2.75, 3.05) is 29.0 Å². The monoisotopic (exact) mass is 503 g/mol. The Balaban J connectivity index is 1.37. The number of thioether (sulfide) groups is 1. The van der Waals surface area contributed by atoms with E-state index in [2.05, 4.69) is 5.32 Å². The van der Waals surface area contributed by atoms with Crippen molar-refractivity contribution in [2.45, 2.75) is 35.6 Å². The molecule has 0 radical (unpaired) electrons. The minimum atomic E-state index is -3.85. The Bertz CT molecular complexity index is 1220. The highest BCUT2D eigenvalue weighted by molar-refractivity contribution is 8.01. The van der Waals surface area contributed by atoms with Crippen molar-refractivity contribution in [3.8, 4) is 0 Å². The van der Waals surface area contributed by atoms with Crippen LogP contribution >= 0.6 is 11.8 Å². The number of fused-ring (bicyclic) bond motifs is 1. The lowest BCUT2D eigenvalue weighted by atomic mass is 10.2. The summed E-state index contributed by atoms with van der Waals surface area (Å²) < 4.78 is 32.3. The first-order valence-corrected chi connectivity index (χ1v) is 13.1. The second-order valence-corrected chi connectivity index (χ2v) is 11.7. The molecule has 2 aliphatic rings. The summed E-state index contributed by atoms with van der Waals surface area (Å²) in [6, 6.07) is 13.8. The number of nitrogens with zero attached hydrogens (tertiary/aromatic N) is 2. The van der Waals surface area contributed by atoms with Gasteiger partial charge in [0.05, 0.1) is 15.5 Å². The number of para-hydroxylation sites is 1. The molecule has 1 N–H and O–H groups in total. The minimum Gasteiger partial charge on any atom is -0.454 e. The molecule has 4 rings (SSSR count). The topological polar surface area (TPSA) is 113 Å². The van der Waals surface area contributed by atoms with E-state index >= 15 is 0 Å². The Labute approximate surface area is 202 Å². The molecule has 2 heterocycles. The van der Waals surface area contributed by atoms with Crippen molar-refractivity contribution in [1.82, 2.24) is 4.90 Å². The van der Waals surface area contributed by atoms with Crippen molar-refractivity contribution < 1.29 is 27.5 Å². The van der Waals surface area contributed by atoms with E-state index in [4.69, 9.17) is 4.74 Å². The van der Waals surface area contributed by atoms with Gasteiger partial charge in [-0.05, 0) is 43.7 Å². The largest absolute Gasteiger partial charge is 0.454 e. The summed E-state index contributed by atoms with van der Waals surface area (Å²) in [4.78, 5) is 38.2. The number of hydrogen-bond donors (Lipinski definition) is 1. The molecule has 34 heavy (non-hydrogen) atoms. The number of hydrogen-bond acceptors (Lipinski definition) is 7. The van der Waals surface area contributed by atoms with Crippen LogP contribution in [0.3, 0.4) is 0 Å². The predicted octanol–water partition coefficient (Wildman–Crippen LogP) is 2.45. The van der Waals surface area contributed by atoms with Gasteiger partial charge in [-0.2, -0.15) is 0 Å². The zero-order valence-electron chi connectivity index (χ0n) is 18.8. The number of carbonyl (C=O) groups excluding carboxylic acids is 3. The molecule has 2 fully saturated rings. The third-order valence-corrected chi connectivity index (χ3v) is 9.25. The van der Waals surface area contributed by atoms with Gasteiger partial charge >= 0.3 is 5.97 Å². The van der Waals surface area contributed by atoms with Gasteiger partial charge in [0.2, 0.25) is 5.91 Å². The van der Waals surface area contributed by atoms with Gasteiger partial charge in [-0.15, -0.1) is 11.8 Å². The molecule has 0 saturated carbocycles. The number of nitrogens with one attached hydrogen (secondary N) is 1. The molecule has 9 nitrogen and oxygen atoms in total. The first kappa shape index (κ1) is 24.1. The molecule has 2 amide bonds. The van der Waals surface area contributed by atoms with E-state index in [1.165, 1.54) is 37.0 Å². The summed E-state index contributed by atoms with van der Waals surface area (Å²) in [5.41, 5.74) is 0.754. The molecular formula is C23H25N3O6S2. The Morgan fingerprint density at radius 2 is 1.94 bits per heavy atom. The SMILES string of the molecule is CN(c1ccccc1)S(=O)(=O)c1cccc(NC(=O)COC(=O)[C@H]2CS[C@]3(C)CCC(=O)N23)c1. The van der Waals surface area contributed by atoms with Gasteiger partial charge in [-0.1, -0.05) is 24.3 Å². The number of sulfonamides is 1. The summed E-state index contributed by atoms with van der Waals surface area (Å²) in [5, 5.41) is 2.56. The van der Waals surface area contributed by atoms with Gasteiger partial charge in [0.1, 0.15) is 6.04 Å². The van der Waals surface area contributed by atoms with Crippen LogP contribution in [0.2, 0.25) is 0 Å². The lowest BCUT2D eigenvalue weighted by Gasteiger charge is -2.29. The Kier molecular flexibility index (Phi) is 6.59. The number of esters is 1. The Morgan fingerprint density at radius 3 is 2.68 bits per heavy atom. The van der Waals surface area contributed by atoms with Crippen LogP contribution in [0.1, 0.15) is 19.8 Å². The van der Waals surface area contributed by atoms with Crippen LogP contribution in [-0.2, 0) is 29.1 Å². The zero-order chi connectivity index (χ0) is 24.5. The molecule has 180 valence electrons. The molecule has 2 aromatic carbocycles. The van der Waals surface area contributed by atoms with Crippen molar-refractivity contribution in [2.24, 2.45) is 0 Å². The normalized spacial score (nSPS) is 21.8. The fourth-order valence-corrected chi connectivity index (χ4v) is 6.75.